The van der Waals surface area contributed by atoms with Crippen LogP contribution in [0.4, 0.5) is 0 Å². The van der Waals surface area contributed by atoms with Crippen LogP contribution in [-0.4, -0.2) is 34.8 Å². The van der Waals surface area contributed by atoms with Crippen LogP contribution in [-0.2, 0) is 27.3 Å². The maximum Gasteiger partial charge on any atom is 0.168 e. The molecule has 3 atom stereocenters. The van der Waals surface area contributed by atoms with Crippen molar-refractivity contribution in [3.05, 3.63) is 88.8 Å². The van der Waals surface area contributed by atoms with Crippen molar-refractivity contribution in [3.63, 3.8) is 0 Å². The van der Waals surface area contributed by atoms with E-state index in [2.05, 4.69) is 10.3 Å². The third-order valence-corrected chi connectivity index (χ3v) is 7.32. The zero-order chi connectivity index (χ0) is 25.8. The predicted octanol–water partition coefficient (Wildman–Crippen LogP) is 5.24. The van der Waals surface area contributed by atoms with Gasteiger partial charge in [-0.15, -0.1) is 0 Å². The van der Waals surface area contributed by atoms with Crippen molar-refractivity contribution in [2.75, 3.05) is 6.61 Å². The first-order chi connectivity index (χ1) is 18.0. The molecule has 3 unspecified atom stereocenters. The Hall–Kier alpha value is -3.87. The van der Waals surface area contributed by atoms with Gasteiger partial charge in [-0.2, -0.15) is 0 Å². The standard InChI is InChI=1S/C30H30N2O5/c1-2-36-31-24-15-21(19-9-5-3-6-10-19)16-26(34)29(24)25(33)14-13-23-30-27(35)17-22(18-28(30)37-32-23)20-11-7-4-8-12-20/h3-12,21-22,29H,2,13-18H2,1H3. The summed E-state index contributed by atoms with van der Waals surface area (Å²) >= 11 is 0. The maximum absolute atomic E-state index is 13.3. The molecular weight excluding hydrogens is 468 g/mol. The van der Waals surface area contributed by atoms with Gasteiger partial charge < -0.3 is 9.36 Å². The first-order valence-corrected chi connectivity index (χ1v) is 12.9. The lowest BCUT2D eigenvalue weighted by molar-refractivity contribution is -0.130. The highest BCUT2D eigenvalue weighted by Gasteiger charge is 2.40. The van der Waals surface area contributed by atoms with Crippen molar-refractivity contribution in [1.82, 2.24) is 5.16 Å². The molecule has 3 aromatic rings. The Morgan fingerprint density at radius 2 is 1.59 bits per heavy atom. The Bertz CT molecular complexity index is 1310. The first kappa shape index (κ1) is 24.8. The molecule has 0 bridgehead atoms. The van der Waals surface area contributed by atoms with Crippen LogP contribution in [0.25, 0.3) is 0 Å². The number of nitrogens with zero attached hydrogens (tertiary/aromatic N) is 2. The number of aryl methyl sites for hydroxylation is 1. The minimum atomic E-state index is -0.924. The van der Waals surface area contributed by atoms with Crippen LogP contribution in [0.2, 0.25) is 0 Å². The van der Waals surface area contributed by atoms with Crippen LogP contribution in [0.1, 0.15) is 77.4 Å². The van der Waals surface area contributed by atoms with E-state index in [9.17, 15) is 14.4 Å². The Morgan fingerprint density at radius 3 is 2.24 bits per heavy atom. The van der Waals surface area contributed by atoms with Crippen LogP contribution < -0.4 is 0 Å². The highest BCUT2D eigenvalue weighted by molar-refractivity contribution is 6.22. The van der Waals surface area contributed by atoms with Gasteiger partial charge in [0, 0.05) is 32.1 Å². The molecule has 0 amide bonds. The molecule has 5 rings (SSSR count). The minimum Gasteiger partial charge on any atom is -0.396 e. The van der Waals surface area contributed by atoms with Crippen LogP contribution in [0, 0.1) is 5.92 Å². The maximum atomic E-state index is 13.3. The SMILES string of the molecule is CCON=C1CC(c2ccccc2)CC(=O)C1C(=O)CCc1noc2c1C(=O)CC(c1ccccc1)C2. The summed E-state index contributed by atoms with van der Waals surface area (Å²) in [5.41, 5.74) is 3.62. The highest BCUT2D eigenvalue weighted by Crippen LogP contribution is 2.36. The van der Waals surface area contributed by atoms with E-state index in [4.69, 9.17) is 9.36 Å². The van der Waals surface area contributed by atoms with Gasteiger partial charge in [-0.25, -0.2) is 0 Å². The number of aromatic nitrogens is 1. The largest absolute Gasteiger partial charge is 0.396 e. The van der Waals surface area contributed by atoms with Gasteiger partial charge in [-0.3, -0.25) is 14.4 Å². The van der Waals surface area contributed by atoms with Crippen molar-refractivity contribution in [2.45, 2.75) is 57.3 Å². The zero-order valence-corrected chi connectivity index (χ0v) is 20.9. The number of fused-ring (bicyclic) bond motifs is 1. The Kier molecular flexibility index (Phi) is 7.40. The average Bonchev–Trinajstić information content (AvgIpc) is 3.35. The van der Waals surface area contributed by atoms with Gasteiger partial charge in [0.2, 0.25) is 0 Å². The van der Waals surface area contributed by atoms with Crippen LogP contribution in [0.5, 0.6) is 0 Å². The minimum absolute atomic E-state index is 0.0168. The van der Waals surface area contributed by atoms with E-state index in [0.717, 1.165) is 11.1 Å². The molecule has 0 aliphatic heterocycles. The predicted molar refractivity (Wildman–Crippen MR) is 138 cm³/mol. The fourth-order valence-corrected chi connectivity index (χ4v) is 5.51. The number of carbonyl (C=O) groups is 3. The molecular formula is C30H30N2O5. The van der Waals surface area contributed by atoms with Crippen molar-refractivity contribution in [1.29, 1.82) is 0 Å². The number of oxime groups is 1. The van der Waals surface area contributed by atoms with Crippen molar-refractivity contribution < 1.29 is 23.7 Å². The van der Waals surface area contributed by atoms with E-state index in [-0.39, 0.29) is 48.4 Å². The molecule has 2 aromatic carbocycles. The van der Waals surface area contributed by atoms with Crippen LogP contribution in [0.15, 0.2) is 70.3 Å². The summed E-state index contributed by atoms with van der Waals surface area (Å²) in [6.07, 6.45) is 2.07. The molecule has 7 heteroatoms. The summed E-state index contributed by atoms with van der Waals surface area (Å²) in [7, 11) is 0. The third kappa shape index (κ3) is 5.31. The highest BCUT2D eigenvalue weighted by atomic mass is 16.6. The molecule has 1 aromatic heterocycles. The monoisotopic (exact) mass is 498 g/mol. The van der Waals surface area contributed by atoms with Gasteiger partial charge in [0.15, 0.2) is 5.78 Å². The second-order valence-electron chi connectivity index (χ2n) is 9.75. The molecule has 0 radical (unpaired) electrons. The molecule has 190 valence electrons. The number of carbonyl (C=O) groups excluding carboxylic acids is 3. The summed E-state index contributed by atoms with van der Waals surface area (Å²) in [4.78, 5) is 44.8. The quantitative estimate of drug-likeness (QED) is 0.311. The van der Waals surface area contributed by atoms with Gasteiger partial charge in [0.25, 0.3) is 0 Å². The van der Waals surface area contributed by atoms with Crippen molar-refractivity contribution in [2.24, 2.45) is 11.1 Å². The van der Waals surface area contributed by atoms with Gasteiger partial charge >= 0.3 is 0 Å². The number of benzene rings is 2. The average molecular weight is 499 g/mol. The van der Waals surface area contributed by atoms with Gasteiger partial charge in [-0.1, -0.05) is 71.0 Å². The normalized spacial score (nSPS) is 22.6. The fourth-order valence-electron chi connectivity index (χ4n) is 5.51. The number of rotatable bonds is 8. The summed E-state index contributed by atoms with van der Waals surface area (Å²) < 4.78 is 5.55. The second kappa shape index (κ2) is 11.0. The lowest BCUT2D eigenvalue weighted by Gasteiger charge is -2.28. The lowest BCUT2D eigenvalue weighted by atomic mass is 9.74. The first-order valence-electron chi connectivity index (χ1n) is 12.9. The fraction of sp³-hybridized carbons (Fsp3) is 0.367. The second-order valence-corrected chi connectivity index (χ2v) is 9.75. The molecule has 37 heavy (non-hydrogen) atoms. The lowest BCUT2D eigenvalue weighted by Crippen LogP contribution is -2.38. The van der Waals surface area contributed by atoms with E-state index in [1.54, 1.807) is 0 Å². The van der Waals surface area contributed by atoms with E-state index in [1.807, 2.05) is 67.6 Å². The topological polar surface area (TPSA) is 98.8 Å². The molecule has 7 nitrogen and oxygen atoms in total. The van der Waals surface area contributed by atoms with Crippen LogP contribution in [0.3, 0.4) is 0 Å². The molecule has 1 fully saturated rings. The van der Waals surface area contributed by atoms with E-state index < -0.39 is 5.92 Å². The number of Topliss-reactive ketones (excluding diaryl/α,β-unsaturated/α-hetero) is 3. The molecule has 0 saturated heterocycles. The molecule has 2 aliphatic carbocycles. The summed E-state index contributed by atoms with van der Waals surface area (Å²) in [6, 6.07) is 19.7. The van der Waals surface area contributed by atoms with E-state index in [0.29, 0.717) is 48.6 Å². The molecule has 2 aliphatic rings. The van der Waals surface area contributed by atoms with Crippen molar-refractivity contribution in [3.8, 4) is 0 Å². The molecule has 1 heterocycles. The van der Waals surface area contributed by atoms with Gasteiger partial charge in [0.1, 0.15) is 29.9 Å². The smallest absolute Gasteiger partial charge is 0.168 e. The Morgan fingerprint density at radius 1 is 0.946 bits per heavy atom. The number of hydrogen-bond donors (Lipinski definition) is 0. The zero-order valence-electron chi connectivity index (χ0n) is 20.9. The third-order valence-electron chi connectivity index (χ3n) is 7.32. The molecule has 0 spiro atoms. The number of hydrogen-bond acceptors (Lipinski definition) is 7. The molecule has 0 N–H and O–H groups in total. The summed E-state index contributed by atoms with van der Waals surface area (Å²) in [5.74, 6) is -0.715. The van der Waals surface area contributed by atoms with Crippen molar-refractivity contribution >= 4 is 23.1 Å². The van der Waals surface area contributed by atoms with Crippen LogP contribution >= 0.6 is 0 Å². The summed E-state index contributed by atoms with van der Waals surface area (Å²) in [6.45, 7) is 2.17. The summed E-state index contributed by atoms with van der Waals surface area (Å²) in [5, 5.41) is 8.33. The Labute approximate surface area is 215 Å². The molecule has 1 saturated carbocycles. The van der Waals surface area contributed by atoms with E-state index in [1.165, 1.54) is 0 Å². The Balaban J connectivity index is 1.29. The van der Waals surface area contributed by atoms with Gasteiger partial charge in [-0.05, 0) is 36.3 Å². The number of ketones is 3. The van der Waals surface area contributed by atoms with E-state index >= 15 is 0 Å². The van der Waals surface area contributed by atoms with Gasteiger partial charge in [0.05, 0.1) is 17.0 Å².